The van der Waals surface area contributed by atoms with E-state index in [1.165, 1.54) is 19.2 Å². The zero-order valence-corrected chi connectivity index (χ0v) is 10.8. The van der Waals surface area contributed by atoms with Crippen molar-refractivity contribution in [1.29, 1.82) is 0 Å². The van der Waals surface area contributed by atoms with Crippen molar-refractivity contribution in [3.8, 4) is 5.75 Å². The Bertz CT molecular complexity index is 434. The van der Waals surface area contributed by atoms with E-state index in [0.29, 0.717) is 15.9 Å². The van der Waals surface area contributed by atoms with Gasteiger partial charge >= 0.3 is 5.69 Å². The average Bonchev–Trinajstić information content (AvgIpc) is 2.26. The molecule has 0 saturated heterocycles. The number of benzene rings is 1. The number of allylic oxidation sites excluding steroid dienone is 1. The number of nitrogens with zero attached hydrogens (tertiary/aromatic N) is 1. The van der Waals surface area contributed by atoms with Crippen molar-refractivity contribution in [3.63, 3.8) is 0 Å². The third-order valence-electron chi connectivity index (χ3n) is 1.88. The molecule has 0 spiro atoms. The van der Waals surface area contributed by atoms with Gasteiger partial charge in [0, 0.05) is 17.5 Å². The summed E-state index contributed by atoms with van der Waals surface area (Å²) < 4.78 is 4.89. The van der Waals surface area contributed by atoms with Gasteiger partial charge in [0.25, 0.3) is 0 Å². The first kappa shape index (κ1) is 13.0. The molecule has 86 valence electrons. The summed E-state index contributed by atoms with van der Waals surface area (Å²) in [6, 6.07) is 2.83. The van der Waals surface area contributed by atoms with E-state index in [1.54, 1.807) is 12.2 Å². The van der Waals surface area contributed by atoms with Gasteiger partial charge in [0.2, 0.25) is 0 Å². The van der Waals surface area contributed by atoms with E-state index in [0.717, 1.165) is 0 Å². The lowest BCUT2D eigenvalue weighted by Crippen LogP contribution is -1.94. The summed E-state index contributed by atoms with van der Waals surface area (Å²) in [4.78, 5) is 10.3. The maximum Gasteiger partial charge on any atom is 0.311 e. The summed E-state index contributed by atoms with van der Waals surface area (Å²) in [5.41, 5.74) is 0.495. The van der Waals surface area contributed by atoms with Gasteiger partial charge in [-0.2, -0.15) is 0 Å². The summed E-state index contributed by atoms with van der Waals surface area (Å²) in [6.45, 7) is 0. The molecular weight excluding hydrogens is 297 g/mol. The van der Waals surface area contributed by atoms with E-state index >= 15 is 0 Å². The minimum Gasteiger partial charge on any atom is -0.490 e. The third kappa shape index (κ3) is 2.96. The molecule has 0 N–H and O–H groups in total. The first-order valence-electron chi connectivity index (χ1n) is 4.34. The van der Waals surface area contributed by atoms with Crippen LogP contribution < -0.4 is 4.74 Å². The Balaban J connectivity index is 3.27. The van der Waals surface area contributed by atoms with E-state index in [2.05, 4.69) is 15.9 Å². The molecule has 4 nitrogen and oxygen atoms in total. The number of nitro groups is 1. The smallest absolute Gasteiger partial charge is 0.311 e. The summed E-state index contributed by atoms with van der Waals surface area (Å²) in [5.74, 6) is 0.158. The standard InChI is InChI=1S/C10H9BrClNO3/c1-16-10-6-8(12)7(3-2-4-11)5-9(10)13(14)15/h2-3,5-6H,4H2,1H3. The van der Waals surface area contributed by atoms with Crippen LogP contribution in [0.4, 0.5) is 5.69 Å². The lowest BCUT2D eigenvalue weighted by Gasteiger charge is -2.04. The molecule has 16 heavy (non-hydrogen) atoms. The highest BCUT2D eigenvalue weighted by atomic mass is 79.9. The van der Waals surface area contributed by atoms with Crippen molar-refractivity contribution < 1.29 is 9.66 Å². The minimum atomic E-state index is -0.499. The number of hydrogen-bond acceptors (Lipinski definition) is 3. The number of rotatable bonds is 4. The van der Waals surface area contributed by atoms with Gasteiger partial charge in [0.15, 0.2) is 5.75 Å². The second-order valence-electron chi connectivity index (χ2n) is 2.86. The zero-order chi connectivity index (χ0) is 12.1. The molecule has 1 aromatic carbocycles. The van der Waals surface area contributed by atoms with Gasteiger partial charge in [0.05, 0.1) is 17.1 Å². The highest BCUT2D eigenvalue weighted by Crippen LogP contribution is 2.33. The number of ether oxygens (including phenoxy) is 1. The van der Waals surface area contributed by atoms with Crippen molar-refractivity contribution in [2.45, 2.75) is 0 Å². The first-order chi connectivity index (χ1) is 7.60. The maximum absolute atomic E-state index is 10.8. The first-order valence-corrected chi connectivity index (χ1v) is 5.84. The van der Waals surface area contributed by atoms with E-state index < -0.39 is 4.92 Å². The molecule has 0 fully saturated rings. The average molecular weight is 307 g/mol. The van der Waals surface area contributed by atoms with Gasteiger partial charge in [-0.15, -0.1) is 0 Å². The van der Waals surface area contributed by atoms with E-state index in [-0.39, 0.29) is 11.4 Å². The highest BCUT2D eigenvalue weighted by Gasteiger charge is 2.17. The summed E-state index contributed by atoms with van der Waals surface area (Å²) in [6.07, 6.45) is 3.51. The van der Waals surface area contributed by atoms with Gasteiger partial charge in [-0.1, -0.05) is 39.7 Å². The normalized spacial score (nSPS) is 10.7. The van der Waals surface area contributed by atoms with Gasteiger partial charge in [0.1, 0.15) is 0 Å². The molecule has 1 aromatic rings. The Labute approximate surface area is 106 Å². The van der Waals surface area contributed by atoms with Crippen LogP contribution in [0.5, 0.6) is 5.75 Å². The fourth-order valence-corrected chi connectivity index (χ4v) is 1.57. The SMILES string of the molecule is COc1cc(Cl)c(C=CCBr)cc1[N+](=O)[O-]. The topological polar surface area (TPSA) is 52.4 Å². The van der Waals surface area contributed by atoms with E-state index in [9.17, 15) is 10.1 Å². The maximum atomic E-state index is 10.8. The minimum absolute atomic E-state index is 0.0962. The Morgan fingerprint density at radius 2 is 2.31 bits per heavy atom. The van der Waals surface area contributed by atoms with Crippen molar-refractivity contribution in [3.05, 3.63) is 38.9 Å². The number of hydrogen-bond donors (Lipinski definition) is 0. The van der Waals surface area contributed by atoms with Crippen molar-refractivity contribution in [1.82, 2.24) is 0 Å². The molecular formula is C10H9BrClNO3. The second kappa shape index (κ2) is 5.86. The highest BCUT2D eigenvalue weighted by molar-refractivity contribution is 9.09. The lowest BCUT2D eigenvalue weighted by molar-refractivity contribution is -0.385. The van der Waals surface area contributed by atoms with Crippen LogP contribution >= 0.6 is 27.5 Å². The number of methoxy groups -OCH3 is 1. The van der Waals surface area contributed by atoms with Crippen LogP contribution in [0.25, 0.3) is 6.08 Å². The van der Waals surface area contributed by atoms with Crippen LogP contribution in [0.3, 0.4) is 0 Å². The van der Waals surface area contributed by atoms with Crippen LogP contribution in [0, 0.1) is 10.1 Å². The molecule has 0 unspecified atom stereocenters. The largest absolute Gasteiger partial charge is 0.490 e. The summed E-state index contributed by atoms with van der Waals surface area (Å²) >= 11 is 9.17. The van der Waals surface area contributed by atoms with Crippen LogP contribution in [-0.4, -0.2) is 17.4 Å². The van der Waals surface area contributed by atoms with Crippen LogP contribution in [0.1, 0.15) is 5.56 Å². The quantitative estimate of drug-likeness (QED) is 0.484. The molecule has 0 amide bonds. The summed E-state index contributed by atoms with van der Waals surface area (Å²) in [5, 5.41) is 11.8. The molecule has 0 aliphatic heterocycles. The molecule has 0 atom stereocenters. The van der Waals surface area contributed by atoms with Gasteiger partial charge in [-0.3, -0.25) is 10.1 Å². The van der Waals surface area contributed by atoms with Crippen molar-refractivity contribution in [2.24, 2.45) is 0 Å². The Hall–Kier alpha value is -1.07. The predicted octanol–water partition coefficient (Wildman–Crippen LogP) is 3.66. The molecule has 1 rings (SSSR count). The fraction of sp³-hybridized carbons (Fsp3) is 0.200. The third-order valence-corrected chi connectivity index (χ3v) is 2.58. The predicted molar refractivity (Wildman–Crippen MR) is 67.5 cm³/mol. The molecule has 0 aliphatic carbocycles. The zero-order valence-electron chi connectivity index (χ0n) is 8.44. The van der Waals surface area contributed by atoms with Crippen LogP contribution in [0.15, 0.2) is 18.2 Å². The van der Waals surface area contributed by atoms with Gasteiger partial charge in [-0.25, -0.2) is 0 Å². The molecule has 0 aliphatic rings. The molecule has 6 heteroatoms. The van der Waals surface area contributed by atoms with Crippen molar-refractivity contribution >= 4 is 39.3 Å². The lowest BCUT2D eigenvalue weighted by atomic mass is 10.1. The number of nitro benzene ring substituents is 1. The molecule has 0 bridgehead atoms. The number of halogens is 2. The Morgan fingerprint density at radius 1 is 1.62 bits per heavy atom. The molecule has 0 saturated carbocycles. The monoisotopic (exact) mass is 305 g/mol. The van der Waals surface area contributed by atoms with Gasteiger partial charge < -0.3 is 4.74 Å². The fourth-order valence-electron chi connectivity index (χ4n) is 1.17. The Morgan fingerprint density at radius 3 is 2.81 bits per heavy atom. The molecule has 0 heterocycles. The van der Waals surface area contributed by atoms with Crippen molar-refractivity contribution in [2.75, 3.05) is 12.4 Å². The van der Waals surface area contributed by atoms with E-state index in [1.807, 2.05) is 0 Å². The molecule has 0 radical (unpaired) electrons. The van der Waals surface area contributed by atoms with E-state index in [4.69, 9.17) is 16.3 Å². The van der Waals surface area contributed by atoms with Crippen LogP contribution in [-0.2, 0) is 0 Å². The summed E-state index contributed by atoms with van der Waals surface area (Å²) in [7, 11) is 1.37. The second-order valence-corrected chi connectivity index (χ2v) is 3.91. The van der Waals surface area contributed by atoms with Crippen LogP contribution in [0.2, 0.25) is 5.02 Å². The molecule has 0 aromatic heterocycles. The van der Waals surface area contributed by atoms with Gasteiger partial charge in [-0.05, 0) is 5.56 Å². The number of alkyl halides is 1. The Kier molecular flexibility index (Phi) is 4.76.